The largest absolute Gasteiger partial charge is 0.507 e. The topological polar surface area (TPSA) is 79.7 Å². The summed E-state index contributed by atoms with van der Waals surface area (Å²) >= 11 is 6.14. The van der Waals surface area contributed by atoms with Gasteiger partial charge in [0.05, 0.1) is 24.3 Å². The van der Waals surface area contributed by atoms with Crippen LogP contribution in [0, 0.1) is 6.92 Å². The average Bonchev–Trinajstić information content (AvgIpc) is 3.04. The van der Waals surface area contributed by atoms with Crippen LogP contribution in [0.4, 0.5) is 0 Å². The SMILES string of the molecule is COc1ccc(Cl)cc1/C(O)=C1\C(=O)C(=O)N(Cc2ccncc2)C1c1cccc(C)c1. The zero-order valence-electron chi connectivity index (χ0n) is 17.6. The summed E-state index contributed by atoms with van der Waals surface area (Å²) in [5.74, 6) is -1.43. The van der Waals surface area contributed by atoms with Crippen molar-refractivity contribution in [1.29, 1.82) is 0 Å². The monoisotopic (exact) mass is 448 g/mol. The minimum absolute atomic E-state index is 0.00442. The van der Waals surface area contributed by atoms with Crippen molar-refractivity contribution in [3.63, 3.8) is 0 Å². The number of amides is 1. The Morgan fingerprint density at radius 1 is 1.12 bits per heavy atom. The number of ether oxygens (including phenoxy) is 1. The second-order valence-electron chi connectivity index (χ2n) is 7.54. The van der Waals surface area contributed by atoms with E-state index in [1.807, 2.05) is 31.2 Å². The summed E-state index contributed by atoms with van der Waals surface area (Å²) in [5, 5.41) is 11.6. The van der Waals surface area contributed by atoms with Gasteiger partial charge < -0.3 is 14.7 Å². The Labute approximate surface area is 190 Å². The van der Waals surface area contributed by atoms with Gasteiger partial charge in [-0.25, -0.2) is 0 Å². The van der Waals surface area contributed by atoms with Gasteiger partial charge in [-0.3, -0.25) is 14.6 Å². The van der Waals surface area contributed by atoms with Crippen molar-refractivity contribution in [3.8, 4) is 5.75 Å². The smallest absolute Gasteiger partial charge is 0.295 e. The summed E-state index contributed by atoms with van der Waals surface area (Å²) in [4.78, 5) is 31.8. The summed E-state index contributed by atoms with van der Waals surface area (Å²) < 4.78 is 5.36. The van der Waals surface area contributed by atoms with Gasteiger partial charge in [-0.05, 0) is 48.4 Å². The van der Waals surface area contributed by atoms with E-state index in [4.69, 9.17) is 16.3 Å². The van der Waals surface area contributed by atoms with E-state index in [1.165, 1.54) is 18.1 Å². The Kier molecular flexibility index (Phi) is 5.97. The number of methoxy groups -OCH3 is 1. The molecule has 3 aromatic rings. The van der Waals surface area contributed by atoms with Crippen LogP contribution in [0.2, 0.25) is 5.02 Å². The second-order valence-corrected chi connectivity index (χ2v) is 7.98. The van der Waals surface area contributed by atoms with Crippen LogP contribution in [0.25, 0.3) is 5.76 Å². The molecule has 4 rings (SSSR count). The molecule has 32 heavy (non-hydrogen) atoms. The molecule has 0 radical (unpaired) electrons. The van der Waals surface area contributed by atoms with Crippen molar-refractivity contribution in [2.45, 2.75) is 19.5 Å². The number of carbonyl (C=O) groups is 2. The van der Waals surface area contributed by atoms with E-state index in [0.717, 1.165) is 16.7 Å². The fourth-order valence-corrected chi connectivity index (χ4v) is 4.10. The normalized spacial score (nSPS) is 17.6. The molecule has 1 aromatic heterocycles. The van der Waals surface area contributed by atoms with Crippen molar-refractivity contribution >= 4 is 29.1 Å². The lowest BCUT2D eigenvalue weighted by molar-refractivity contribution is -0.140. The Morgan fingerprint density at radius 2 is 1.88 bits per heavy atom. The maximum absolute atomic E-state index is 13.2. The number of pyridine rings is 1. The van der Waals surface area contributed by atoms with Crippen LogP contribution in [0.3, 0.4) is 0 Å². The van der Waals surface area contributed by atoms with Crippen LogP contribution in [0.15, 0.2) is 72.6 Å². The molecular formula is C25H21ClN2O4. The third-order valence-corrected chi connectivity index (χ3v) is 5.65. The number of aliphatic hydroxyl groups excluding tert-OH is 1. The van der Waals surface area contributed by atoms with Crippen molar-refractivity contribution in [3.05, 3.63) is 99.8 Å². The first-order valence-corrected chi connectivity index (χ1v) is 10.4. The first kappa shape index (κ1) is 21.6. The number of hydrogen-bond acceptors (Lipinski definition) is 5. The van der Waals surface area contributed by atoms with Gasteiger partial charge in [0.2, 0.25) is 0 Å². The molecule has 0 bridgehead atoms. The summed E-state index contributed by atoms with van der Waals surface area (Å²) in [5.41, 5.74) is 2.76. The van der Waals surface area contributed by atoms with Gasteiger partial charge in [0.1, 0.15) is 11.5 Å². The lowest BCUT2D eigenvalue weighted by Gasteiger charge is -2.26. The third-order valence-electron chi connectivity index (χ3n) is 5.42. The van der Waals surface area contributed by atoms with Crippen LogP contribution in [0.5, 0.6) is 5.75 Å². The number of ketones is 1. The Morgan fingerprint density at radius 3 is 2.56 bits per heavy atom. The molecule has 7 heteroatoms. The van der Waals surface area contributed by atoms with Crippen molar-refractivity contribution in [2.75, 3.05) is 7.11 Å². The fraction of sp³-hybridized carbons (Fsp3) is 0.160. The molecule has 1 N–H and O–H groups in total. The van der Waals surface area contributed by atoms with Crippen LogP contribution in [-0.4, -0.2) is 33.8 Å². The highest BCUT2D eigenvalue weighted by Crippen LogP contribution is 2.42. The van der Waals surface area contributed by atoms with Crippen molar-refractivity contribution in [1.82, 2.24) is 9.88 Å². The first-order chi connectivity index (χ1) is 15.4. The van der Waals surface area contributed by atoms with Crippen molar-refractivity contribution in [2.24, 2.45) is 0 Å². The van der Waals surface area contributed by atoms with Crippen LogP contribution >= 0.6 is 11.6 Å². The van der Waals surface area contributed by atoms with Gasteiger partial charge in [0.15, 0.2) is 0 Å². The van der Waals surface area contributed by atoms with E-state index in [1.54, 1.807) is 36.7 Å². The standard InChI is InChI=1S/C25H21ClN2O4/c1-15-4-3-5-17(12-15)22-21(23(29)19-13-18(26)6-7-20(19)32-2)24(30)25(31)28(22)14-16-8-10-27-11-9-16/h3-13,22,29H,14H2,1-2H3/b23-21+. The summed E-state index contributed by atoms with van der Waals surface area (Å²) in [7, 11) is 1.46. The van der Waals surface area contributed by atoms with E-state index in [9.17, 15) is 14.7 Å². The highest BCUT2D eigenvalue weighted by molar-refractivity contribution is 6.46. The molecule has 0 spiro atoms. The Hall–Kier alpha value is -3.64. The van der Waals surface area contributed by atoms with Crippen LogP contribution in [-0.2, 0) is 16.1 Å². The minimum atomic E-state index is -0.772. The molecule has 0 aliphatic carbocycles. The third kappa shape index (κ3) is 3.97. The molecular weight excluding hydrogens is 428 g/mol. The molecule has 1 aliphatic heterocycles. The predicted octanol–water partition coefficient (Wildman–Crippen LogP) is 4.67. The van der Waals surface area contributed by atoms with Gasteiger partial charge in [-0.1, -0.05) is 41.4 Å². The first-order valence-electron chi connectivity index (χ1n) is 9.98. The number of nitrogens with zero attached hydrogens (tertiary/aromatic N) is 2. The number of benzene rings is 2. The number of aliphatic hydroxyl groups is 1. The fourth-order valence-electron chi connectivity index (χ4n) is 3.93. The number of carbonyl (C=O) groups excluding carboxylic acids is 2. The van der Waals surface area contributed by atoms with E-state index >= 15 is 0 Å². The molecule has 1 saturated heterocycles. The number of aryl methyl sites for hydroxylation is 1. The maximum Gasteiger partial charge on any atom is 0.295 e. The van der Waals surface area contributed by atoms with Gasteiger partial charge in [-0.15, -0.1) is 0 Å². The number of likely N-dealkylation sites (tertiary alicyclic amines) is 1. The number of Topliss-reactive ketones (excluding diaryl/α,β-unsaturated/α-hetero) is 1. The van der Waals surface area contributed by atoms with E-state index < -0.39 is 17.7 Å². The van der Waals surface area contributed by atoms with Crippen LogP contribution in [0.1, 0.15) is 28.3 Å². The molecule has 1 atom stereocenters. The zero-order valence-corrected chi connectivity index (χ0v) is 18.3. The molecule has 2 aromatic carbocycles. The predicted molar refractivity (Wildman–Crippen MR) is 121 cm³/mol. The number of halogens is 1. The summed E-state index contributed by atoms with van der Waals surface area (Å²) in [6.45, 7) is 2.12. The molecule has 162 valence electrons. The molecule has 1 aliphatic rings. The molecule has 1 amide bonds. The zero-order chi connectivity index (χ0) is 22.8. The maximum atomic E-state index is 13.2. The van der Waals surface area contributed by atoms with Crippen LogP contribution < -0.4 is 4.74 Å². The van der Waals surface area contributed by atoms with Gasteiger partial charge in [0.25, 0.3) is 11.7 Å². The number of rotatable bonds is 5. The number of hydrogen-bond donors (Lipinski definition) is 1. The summed E-state index contributed by atoms with van der Waals surface area (Å²) in [6.07, 6.45) is 3.26. The molecule has 6 nitrogen and oxygen atoms in total. The van der Waals surface area contributed by atoms with Gasteiger partial charge in [0, 0.05) is 24.0 Å². The van der Waals surface area contributed by atoms with E-state index in [0.29, 0.717) is 10.8 Å². The minimum Gasteiger partial charge on any atom is -0.507 e. The van der Waals surface area contributed by atoms with Gasteiger partial charge in [-0.2, -0.15) is 0 Å². The van der Waals surface area contributed by atoms with Gasteiger partial charge >= 0.3 is 0 Å². The highest BCUT2D eigenvalue weighted by atomic mass is 35.5. The lowest BCUT2D eigenvalue weighted by atomic mass is 9.94. The number of aromatic nitrogens is 1. The lowest BCUT2D eigenvalue weighted by Crippen LogP contribution is -2.29. The summed E-state index contributed by atoms with van der Waals surface area (Å²) in [6, 6.07) is 15.1. The van der Waals surface area contributed by atoms with Crippen molar-refractivity contribution < 1.29 is 19.4 Å². The molecule has 1 unspecified atom stereocenters. The quantitative estimate of drug-likeness (QED) is 0.348. The average molecular weight is 449 g/mol. The second kappa shape index (κ2) is 8.85. The Bertz CT molecular complexity index is 1220. The molecule has 2 heterocycles. The highest BCUT2D eigenvalue weighted by Gasteiger charge is 2.46. The van der Waals surface area contributed by atoms with E-state index in [-0.39, 0.29) is 23.4 Å². The molecule has 0 saturated carbocycles. The van der Waals surface area contributed by atoms with E-state index in [2.05, 4.69) is 4.98 Å². The molecule has 1 fully saturated rings. The Balaban J connectivity index is 1.92.